The quantitative estimate of drug-likeness (QED) is 0.884. The van der Waals surface area contributed by atoms with Crippen LogP contribution < -0.4 is 5.32 Å². The minimum atomic E-state index is -2.41. The monoisotopic (exact) mass is 262 g/mol. The number of pyridine rings is 1. The maximum absolute atomic E-state index is 12.4. The van der Waals surface area contributed by atoms with Crippen LogP contribution in [0.4, 0.5) is 8.78 Å². The van der Waals surface area contributed by atoms with E-state index in [0.717, 1.165) is 11.1 Å². The minimum absolute atomic E-state index is 0.0593. The number of hydrogen-bond acceptors (Lipinski definition) is 2. The Morgan fingerprint density at radius 3 is 2.42 bits per heavy atom. The molecule has 2 nitrogen and oxygen atoms in total. The molecule has 0 aliphatic carbocycles. The summed E-state index contributed by atoms with van der Waals surface area (Å²) in [4.78, 5) is 4.07. The molecule has 2 rings (SSSR count). The highest BCUT2D eigenvalue weighted by Crippen LogP contribution is 2.19. The first-order valence-corrected chi connectivity index (χ1v) is 6.17. The van der Waals surface area contributed by atoms with Gasteiger partial charge >= 0.3 is 0 Å². The minimum Gasteiger partial charge on any atom is -0.306 e. The van der Waals surface area contributed by atoms with E-state index in [1.807, 2.05) is 25.3 Å². The predicted octanol–water partition coefficient (Wildman–Crippen LogP) is 3.87. The molecule has 0 saturated carbocycles. The Morgan fingerprint density at radius 1 is 1.11 bits per heavy atom. The molecule has 0 fully saturated rings. The van der Waals surface area contributed by atoms with Crippen molar-refractivity contribution in [1.82, 2.24) is 10.3 Å². The molecular formula is C15H16F2N2. The largest absolute Gasteiger partial charge is 0.306 e. The molecule has 0 aliphatic rings. The number of aromatic nitrogens is 1. The van der Waals surface area contributed by atoms with Gasteiger partial charge in [0.05, 0.1) is 0 Å². The van der Waals surface area contributed by atoms with Crippen LogP contribution in [-0.2, 0) is 6.54 Å². The van der Waals surface area contributed by atoms with Gasteiger partial charge in [-0.1, -0.05) is 30.3 Å². The average molecular weight is 262 g/mol. The van der Waals surface area contributed by atoms with Crippen LogP contribution in [-0.4, -0.2) is 4.98 Å². The number of rotatable bonds is 5. The molecule has 1 N–H and O–H groups in total. The summed E-state index contributed by atoms with van der Waals surface area (Å²) in [6.45, 7) is 2.68. The molecule has 1 aromatic carbocycles. The Bertz CT molecular complexity index is 497. The summed E-state index contributed by atoms with van der Waals surface area (Å²) < 4.78 is 24.8. The lowest BCUT2D eigenvalue weighted by molar-refractivity contribution is 0.151. The van der Waals surface area contributed by atoms with Crippen molar-refractivity contribution in [2.75, 3.05) is 0 Å². The van der Waals surface area contributed by atoms with Crippen LogP contribution in [0.5, 0.6) is 0 Å². The van der Waals surface area contributed by atoms with Gasteiger partial charge in [0.2, 0.25) is 0 Å². The zero-order chi connectivity index (χ0) is 13.7. The molecule has 0 spiro atoms. The topological polar surface area (TPSA) is 24.9 Å². The van der Waals surface area contributed by atoms with Gasteiger partial charge in [-0.2, -0.15) is 0 Å². The van der Waals surface area contributed by atoms with Crippen molar-refractivity contribution in [2.24, 2.45) is 0 Å². The van der Waals surface area contributed by atoms with E-state index in [1.165, 1.54) is 12.1 Å². The van der Waals surface area contributed by atoms with E-state index < -0.39 is 6.43 Å². The predicted molar refractivity (Wildman–Crippen MR) is 70.9 cm³/mol. The maximum Gasteiger partial charge on any atom is 0.263 e. The Kier molecular flexibility index (Phi) is 4.58. The summed E-state index contributed by atoms with van der Waals surface area (Å²) in [6.07, 6.45) is 1.15. The van der Waals surface area contributed by atoms with Crippen LogP contribution >= 0.6 is 0 Å². The SMILES string of the molecule is CC(NCc1ccc(C(F)F)cc1)c1cccnc1. The van der Waals surface area contributed by atoms with E-state index >= 15 is 0 Å². The fourth-order valence-corrected chi connectivity index (χ4v) is 1.80. The standard InChI is InChI=1S/C15H16F2N2/c1-11(14-3-2-8-18-10-14)19-9-12-4-6-13(7-5-12)15(16)17/h2-8,10-11,15,19H,9H2,1H3. The van der Waals surface area contributed by atoms with Crippen LogP contribution in [0.3, 0.4) is 0 Å². The van der Waals surface area contributed by atoms with E-state index in [1.54, 1.807) is 18.3 Å². The van der Waals surface area contributed by atoms with Gasteiger partial charge in [0.1, 0.15) is 0 Å². The zero-order valence-corrected chi connectivity index (χ0v) is 10.7. The number of nitrogens with zero attached hydrogens (tertiary/aromatic N) is 1. The summed E-state index contributed by atoms with van der Waals surface area (Å²) >= 11 is 0. The smallest absolute Gasteiger partial charge is 0.263 e. The van der Waals surface area contributed by atoms with Gasteiger partial charge < -0.3 is 5.32 Å². The Balaban J connectivity index is 1.92. The highest BCUT2D eigenvalue weighted by Gasteiger charge is 2.07. The Labute approximate surface area is 111 Å². The molecule has 1 atom stereocenters. The van der Waals surface area contributed by atoms with Crippen LogP contribution in [0, 0.1) is 0 Å². The first-order valence-electron chi connectivity index (χ1n) is 6.17. The van der Waals surface area contributed by atoms with Gasteiger partial charge in [0.25, 0.3) is 6.43 Å². The van der Waals surface area contributed by atoms with Crippen molar-refractivity contribution < 1.29 is 8.78 Å². The molecule has 0 radical (unpaired) electrons. The van der Waals surface area contributed by atoms with E-state index in [0.29, 0.717) is 6.54 Å². The number of hydrogen-bond donors (Lipinski definition) is 1. The Hall–Kier alpha value is -1.81. The molecule has 4 heteroatoms. The third-order valence-corrected chi connectivity index (χ3v) is 3.03. The molecule has 0 saturated heterocycles. The second-order valence-corrected chi connectivity index (χ2v) is 4.43. The fourth-order valence-electron chi connectivity index (χ4n) is 1.80. The average Bonchev–Trinajstić information content (AvgIpc) is 2.46. The maximum atomic E-state index is 12.4. The molecular weight excluding hydrogens is 246 g/mol. The molecule has 0 amide bonds. The lowest BCUT2D eigenvalue weighted by atomic mass is 10.1. The Morgan fingerprint density at radius 2 is 1.84 bits per heavy atom. The van der Waals surface area contributed by atoms with E-state index in [2.05, 4.69) is 10.3 Å². The van der Waals surface area contributed by atoms with Crippen molar-refractivity contribution in [3.05, 3.63) is 65.5 Å². The third-order valence-electron chi connectivity index (χ3n) is 3.03. The van der Waals surface area contributed by atoms with Gasteiger partial charge in [0.15, 0.2) is 0 Å². The second-order valence-electron chi connectivity index (χ2n) is 4.43. The van der Waals surface area contributed by atoms with Gasteiger partial charge in [-0.25, -0.2) is 8.78 Å². The van der Waals surface area contributed by atoms with Crippen molar-refractivity contribution in [3.63, 3.8) is 0 Å². The van der Waals surface area contributed by atoms with Gasteiger partial charge in [-0.3, -0.25) is 4.98 Å². The first-order chi connectivity index (χ1) is 9.16. The lowest BCUT2D eigenvalue weighted by Gasteiger charge is -2.14. The first kappa shape index (κ1) is 13.6. The van der Waals surface area contributed by atoms with Gasteiger partial charge in [-0.15, -0.1) is 0 Å². The highest BCUT2D eigenvalue weighted by molar-refractivity contribution is 5.23. The highest BCUT2D eigenvalue weighted by atomic mass is 19.3. The third kappa shape index (κ3) is 3.83. The number of alkyl halides is 2. The van der Waals surface area contributed by atoms with Gasteiger partial charge in [0, 0.05) is 30.5 Å². The molecule has 1 aromatic heterocycles. The van der Waals surface area contributed by atoms with E-state index in [-0.39, 0.29) is 11.6 Å². The molecule has 0 bridgehead atoms. The summed E-state index contributed by atoms with van der Waals surface area (Å²) in [5.41, 5.74) is 2.15. The van der Waals surface area contributed by atoms with Crippen molar-refractivity contribution >= 4 is 0 Å². The molecule has 19 heavy (non-hydrogen) atoms. The van der Waals surface area contributed by atoms with Crippen LogP contribution in [0.1, 0.15) is 36.1 Å². The number of nitrogens with one attached hydrogen (secondary N) is 1. The molecule has 1 heterocycles. The molecule has 100 valence electrons. The van der Waals surface area contributed by atoms with E-state index in [4.69, 9.17) is 0 Å². The molecule has 1 unspecified atom stereocenters. The number of halogens is 2. The van der Waals surface area contributed by atoms with Crippen LogP contribution in [0.25, 0.3) is 0 Å². The van der Waals surface area contributed by atoms with Crippen molar-refractivity contribution in [3.8, 4) is 0 Å². The zero-order valence-electron chi connectivity index (χ0n) is 10.7. The molecule has 2 aromatic rings. The van der Waals surface area contributed by atoms with Crippen molar-refractivity contribution in [1.29, 1.82) is 0 Å². The van der Waals surface area contributed by atoms with Crippen LogP contribution in [0.2, 0.25) is 0 Å². The summed E-state index contributed by atoms with van der Waals surface area (Å²) in [5, 5.41) is 3.34. The van der Waals surface area contributed by atoms with Crippen molar-refractivity contribution in [2.45, 2.75) is 25.9 Å². The summed E-state index contributed by atoms with van der Waals surface area (Å²) in [6, 6.07) is 10.5. The summed E-state index contributed by atoms with van der Waals surface area (Å²) in [5.74, 6) is 0. The van der Waals surface area contributed by atoms with E-state index in [9.17, 15) is 8.78 Å². The number of benzene rings is 1. The normalized spacial score (nSPS) is 12.6. The summed E-state index contributed by atoms with van der Waals surface area (Å²) in [7, 11) is 0. The fraction of sp³-hybridized carbons (Fsp3) is 0.267. The second kappa shape index (κ2) is 6.38. The van der Waals surface area contributed by atoms with Crippen LogP contribution in [0.15, 0.2) is 48.8 Å². The van der Waals surface area contributed by atoms with Gasteiger partial charge in [-0.05, 0) is 24.1 Å². The molecule has 0 aliphatic heterocycles. The lowest BCUT2D eigenvalue weighted by Crippen LogP contribution is -2.18.